The summed E-state index contributed by atoms with van der Waals surface area (Å²) in [7, 11) is 0. The van der Waals surface area contributed by atoms with E-state index in [0.29, 0.717) is 53.5 Å². The minimum absolute atomic E-state index is 0.0375. The van der Waals surface area contributed by atoms with Crippen LogP contribution in [-0.4, -0.2) is 70.3 Å². The van der Waals surface area contributed by atoms with Gasteiger partial charge in [-0.05, 0) is 41.5 Å². The maximum Gasteiger partial charge on any atom is 0.437 e. The van der Waals surface area contributed by atoms with Crippen molar-refractivity contribution in [2.45, 2.75) is 71.2 Å². The summed E-state index contributed by atoms with van der Waals surface area (Å²) in [5, 5.41) is 2.60. The Bertz CT molecular complexity index is 1230. The summed E-state index contributed by atoms with van der Waals surface area (Å²) in [6.45, 7) is 11.2. The highest BCUT2D eigenvalue weighted by molar-refractivity contribution is 8.04. The van der Waals surface area contributed by atoms with Crippen LogP contribution in [0.5, 0.6) is 0 Å². The zero-order chi connectivity index (χ0) is 27.9. The molecule has 2 aliphatic heterocycles. The summed E-state index contributed by atoms with van der Waals surface area (Å²) in [4.78, 5) is 56.4. The van der Waals surface area contributed by atoms with Crippen LogP contribution in [-0.2, 0) is 19.0 Å². The number of fused-ring (bicyclic) bond motifs is 2. The number of carbonyl (C=O) groups is 4. The van der Waals surface area contributed by atoms with Gasteiger partial charge in [-0.15, -0.1) is 16.8 Å². The van der Waals surface area contributed by atoms with Gasteiger partial charge < -0.3 is 19.1 Å². The van der Waals surface area contributed by atoms with Crippen molar-refractivity contribution in [2.24, 2.45) is 4.99 Å². The van der Waals surface area contributed by atoms with Gasteiger partial charge >= 0.3 is 12.2 Å². The molecule has 1 fully saturated rings. The van der Waals surface area contributed by atoms with Crippen LogP contribution in [0.3, 0.4) is 0 Å². The predicted octanol–water partition coefficient (Wildman–Crippen LogP) is 4.53. The number of ketones is 2. The Morgan fingerprint density at radius 3 is 2.18 bits per heavy atom. The Morgan fingerprint density at radius 1 is 0.974 bits per heavy atom. The fourth-order valence-electron chi connectivity index (χ4n) is 4.33. The summed E-state index contributed by atoms with van der Waals surface area (Å²) in [6.07, 6.45) is -0.499. The molecule has 1 aromatic rings. The van der Waals surface area contributed by atoms with Crippen molar-refractivity contribution >= 4 is 47.2 Å². The van der Waals surface area contributed by atoms with Gasteiger partial charge in [0.2, 0.25) is 17.5 Å². The van der Waals surface area contributed by atoms with Gasteiger partial charge in [0.05, 0.1) is 0 Å². The molecule has 1 aliphatic carbocycles. The van der Waals surface area contributed by atoms with E-state index in [-0.39, 0.29) is 5.96 Å². The van der Waals surface area contributed by atoms with Crippen LogP contribution in [0.2, 0.25) is 0 Å². The number of alkyl carbamates (subject to hydrolysis) is 1. The van der Waals surface area contributed by atoms with E-state index >= 15 is 0 Å². The number of ether oxygens (including phenoxy) is 3. The van der Waals surface area contributed by atoms with Crippen LogP contribution in [0.25, 0.3) is 5.76 Å². The molecule has 2 amide bonds. The Balaban J connectivity index is 1.52. The lowest BCUT2D eigenvalue weighted by Crippen LogP contribution is -2.54. The highest BCUT2D eigenvalue weighted by Crippen LogP contribution is 2.47. The van der Waals surface area contributed by atoms with Gasteiger partial charge in [-0.25, -0.2) is 9.59 Å². The number of likely N-dealkylation sites (tertiary alicyclic amines) is 1. The van der Waals surface area contributed by atoms with E-state index in [1.807, 2.05) is 6.07 Å². The van der Waals surface area contributed by atoms with Gasteiger partial charge in [0.25, 0.3) is 0 Å². The normalized spacial score (nSPS) is 19.4. The molecule has 1 N–H and O–H groups in total. The molecule has 0 aromatic heterocycles. The number of hydrogen-bond donors (Lipinski definition) is 1. The maximum atomic E-state index is 12.7. The molecule has 0 saturated carbocycles. The van der Waals surface area contributed by atoms with E-state index < -0.39 is 40.6 Å². The smallest absolute Gasteiger partial charge is 0.437 e. The molecule has 38 heavy (non-hydrogen) atoms. The number of Topliss-reactive ketones (excluding diaryl/α,β-unsaturated/α-hetero) is 2. The summed E-state index contributed by atoms with van der Waals surface area (Å²) in [6, 6.07) is 6.97. The molecule has 0 bridgehead atoms. The topological polar surface area (TPSA) is 124 Å². The number of thioether (sulfide) groups is 1. The SMILES string of the molecule is CC(C)(C)OC(=O)/N=C(/NC(=O)OC(C)(C)C)N1CCC2(CC1)CSC1=C(O2)c2ccccc2C(=O)C1=O. The lowest BCUT2D eigenvalue weighted by Gasteiger charge is -2.45. The molecule has 204 valence electrons. The molecular weight excluding hydrogens is 510 g/mol. The summed E-state index contributed by atoms with van der Waals surface area (Å²) in [5.74, 6) is -0.0690. The van der Waals surface area contributed by atoms with Crippen molar-refractivity contribution in [3.05, 3.63) is 40.3 Å². The average Bonchev–Trinajstić information content (AvgIpc) is 2.80. The lowest BCUT2D eigenvalue weighted by atomic mass is 9.90. The van der Waals surface area contributed by atoms with Crippen LogP contribution in [0.4, 0.5) is 9.59 Å². The lowest BCUT2D eigenvalue weighted by molar-refractivity contribution is -0.111. The molecule has 0 radical (unpaired) electrons. The second-order valence-electron chi connectivity index (χ2n) is 11.5. The Morgan fingerprint density at radius 2 is 1.58 bits per heavy atom. The van der Waals surface area contributed by atoms with Crippen LogP contribution in [0.15, 0.2) is 34.2 Å². The zero-order valence-corrected chi connectivity index (χ0v) is 23.3. The number of benzene rings is 1. The van der Waals surface area contributed by atoms with Crippen molar-refractivity contribution in [1.82, 2.24) is 10.2 Å². The molecule has 0 atom stereocenters. The predicted molar refractivity (Wildman–Crippen MR) is 143 cm³/mol. The fraction of sp³-hybridized carbons (Fsp3) is 0.519. The zero-order valence-electron chi connectivity index (χ0n) is 22.5. The van der Waals surface area contributed by atoms with Crippen molar-refractivity contribution in [3.8, 4) is 0 Å². The third-order valence-corrected chi connectivity index (χ3v) is 7.34. The van der Waals surface area contributed by atoms with Crippen LogP contribution in [0, 0.1) is 0 Å². The second-order valence-corrected chi connectivity index (χ2v) is 12.5. The highest BCUT2D eigenvalue weighted by atomic mass is 32.2. The highest BCUT2D eigenvalue weighted by Gasteiger charge is 2.46. The minimum atomic E-state index is -0.829. The number of piperidine rings is 1. The molecule has 1 spiro atoms. The third kappa shape index (κ3) is 6.20. The number of guanidine groups is 1. The van der Waals surface area contributed by atoms with E-state index in [1.165, 1.54) is 11.8 Å². The largest absolute Gasteiger partial charge is 0.484 e. The minimum Gasteiger partial charge on any atom is -0.484 e. The standard InChI is InChI=1S/C27H33N3O7S/c1-25(2,3)36-23(33)28-22(29-24(34)37-26(4,5)6)30-13-11-27(12-14-30)15-38-21-19(32)18(31)16-9-7-8-10-17(16)20(21)35-27/h7-10H,11-15H2,1-6H3,(H,28,29,33,34). The summed E-state index contributed by atoms with van der Waals surface area (Å²) in [5.41, 5.74) is -1.10. The molecular formula is C27H33N3O7S. The molecule has 2 heterocycles. The quantitative estimate of drug-likeness (QED) is 0.285. The third-order valence-electron chi connectivity index (χ3n) is 6.01. The Hall–Kier alpha value is -3.34. The monoisotopic (exact) mass is 543 g/mol. The van der Waals surface area contributed by atoms with E-state index in [0.717, 1.165) is 0 Å². The Kier molecular flexibility index (Phi) is 7.35. The first-order valence-corrected chi connectivity index (χ1v) is 13.5. The van der Waals surface area contributed by atoms with E-state index in [1.54, 1.807) is 64.6 Å². The second kappa shape index (κ2) is 10.1. The van der Waals surface area contributed by atoms with Crippen molar-refractivity contribution in [1.29, 1.82) is 0 Å². The maximum absolute atomic E-state index is 12.7. The molecule has 11 heteroatoms. The van der Waals surface area contributed by atoms with Crippen molar-refractivity contribution < 1.29 is 33.4 Å². The fourth-order valence-corrected chi connectivity index (χ4v) is 5.59. The van der Waals surface area contributed by atoms with E-state index in [2.05, 4.69) is 10.3 Å². The van der Waals surface area contributed by atoms with Crippen molar-refractivity contribution in [3.63, 3.8) is 0 Å². The summed E-state index contributed by atoms with van der Waals surface area (Å²) < 4.78 is 17.2. The number of nitrogens with zero attached hydrogens (tertiary/aromatic N) is 2. The molecule has 10 nitrogen and oxygen atoms in total. The molecule has 1 aromatic carbocycles. The number of rotatable bonds is 0. The van der Waals surface area contributed by atoms with Gasteiger partial charge in [-0.3, -0.25) is 14.9 Å². The van der Waals surface area contributed by atoms with Gasteiger partial charge in [-0.1, -0.05) is 24.3 Å². The first-order valence-electron chi connectivity index (χ1n) is 12.5. The van der Waals surface area contributed by atoms with E-state index in [4.69, 9.17) is 14.2 Å². The number of amides is 2. The van der Waals surface area contributed by atoms with Crippen LogP contribution < -0.4 is 5.32 Å². The van der Waals surface area contributed by atoms with Gasteiger partial charge in [0.1, 0.15) is 27.5 Å². The Labute approximate surface area is 226 Å². The molecule has 3 aliphatic rings. The van der Waals surface area contributed by atoms with Gasteiger partial charge in [0, 0.05) is 42.8 Å². The van der Waals surface area contributed by atoms with Crippen LogP contribution >= 0.6 is 11.8 Å². The number of aliphatic imine (C=N–C) groups is 1. The van der Waals surface area contributed by atoms with Crippen LogP contribution in [0.1, 0.15) is 70.3 Å². The summed E-state index contributed by atoms with van der Waals surface area (Å²) >= 11 is 1.34. The molecule has 1 saturated heterocycles. The first-order chi connectivity index (χ1) is 17.7. The molecule has 0 unspecified atom stereocenters. The van der Waals surface area contributed by atoms with Gasteiger partial charge in [0.15, 0.2) is 0 Å². The molecule has 4 rings (SSSR count). The number of allylic oxidation sites excluding steroid dienone is 1. The van der Waals surface area contributed by atoms with Crippen molar-refractivity contribution in [2.75, 3.05) is 18.8 Å². The van der Waals surface area contributed by atoms with E-state index in [9.17, 15) is 19.2 Å². The number of hydrogen-bond acceptors (Lipinski definition) is 8. The van der Waals surface area contributed by atoms with Gasteiger partial charge in [-0.2, -0.15) is 0 Å². The first kappa shape index (κ1) is 27.7. The average molecular weight is 544 g/mol. The number of nitrogens with one attached hydrogen (secondary N) is 1. The number of carbonyl (C=O) groups excluding carboxylic acids is 4.